The molecule has 0 radical (unpaired) electrons. The van der Waals surface area contributed by atoms with E-state index in [4.69, 9.17) is 12.2 Å². The van der Waals surface area contributed by atoms with Gasteiger partial charge in [-0.05, 0) is 32.0 Å². The maximum Gasteiger partial charge on any atom is 0.177 e. The van der Waals surface area contributed by atoms with E-state index in [0.29, 0.717) is 0 Å². The third-order valence-electron chi connectivity index (χ3n) is 2.92. The molecule has 1 atom stereocenters. The van der Waals surface area contributed by atoms with Crippen molar-refractivity contribution in [1.82, 2.24) is 14.5 Å². The summed E-state index contributed by atoms with van der Waals surface area (Å²) >= 11 is 7.11. The van der Waals surface area contributed by atoms with Gasteiger partial charge in [-0.15, -0.1) is 11.3 Å². The van der Waals surface area contributed by atoms with Crippen molar-refractivity contribution in [1.29, 1.82) is 0 Å². The highest BCUT2D eigenvalue weighted by Crippen LogP contribution is 2.25. The third kappa shape index (κ3) is 2.35. The zero-order chi connectivity index (χ0) is 12.4. The van der Waals surface area contributed by atoms with Crippen molar-refractivity contribution in [3.63, 3.8) is 0 Å². The van der Waals surface area contributed by atoms with Gasteiger partial charge in [0, 0.05) is 23.0 Å². The summed E-state index contributed by atoms with van der Waals surface area (Å²) in [7, 11) is 0. The molecule has 2 aromatic heterocycles. The summed E-state index contributed by atoms with van der Waals surface area (Å²) in [5.41, 5.74) is 1.23. The minimum atomic E-state index is 0.217. The second-order valence-electron chi connectivity index (χ2n) is 4.00. The normalized spacial score (nSPS) is 12.9. The predicted octanol–water partition coefficient (Wildman–Crippen LogP) is 3.74. The van der Waals surface area contributed by atoms with Gasteiger partial charge in [-0.3, -0.25) is 0 Å². The highest BCUT2D eigenvalue weighted by Gasteiger charge is 2.15. The lowest BCUT2D eigenvalue weighted by Crippen LogP contribution is -2.09. The molecule has 3 nitrogen and oxygen atoms in total. The van der Waals surface area contributed by atoms with Crippen molar-refractivity contribution in [3.8, 4) is 0 Å². The number of hydrogen-bond donors (Lipinski definition) is 1. The molecule has 0 saturated heterocycles. The van der Waals surface area contributed by atoms with E-state index in [1.165, 1.54) is 10.6 Å². The second-order valence-corrected chi connectivity index (χ2v) is 5.54. The minimum Gasteiger partial charge on any atom is -0.337 e. The molecule has 2 rings (SSSR count). The largest absolute Gasteiger partial charge is 0.337 e. The summed E-state index contributed by atoms with van der Waals surface area (Å²) in [5, 5.41) is 1.13. The molecule has 0 bridgehead atoms. The lowest BCUT2D eigenvalue weighted by atomic mass is 10.3. The first kappa shape index (κ1) is 12.5. The highest BCUT2D eigenvalue weighted by atomic mass is 32.1. The van der Waals surface area contributed by atoms with Gasteiger partial charge in [0.1, 0.15) is 5.01 Å². The van der Waals surface area contributed by atoms with Gasteiger partial charge in [0.15, 0.2) is 4.77 Å². The van der Waals surface area contributed by atoms with Crippen LogP contribution in [0.15, 0.2) is 12.4 Å². The van der Waals surface area contributed by atoms with Crippen LogP contribution in [0, 0.1) is 4.77 Å². The Kier molecular flexibility index (Phi) is 3.79. The average molecular weight is 267 g/mol. The molecule has 2 aromatic rings. The topological polar surface area (TPSA) is 33.6 Å². The van der Waals surface area contributed by atoms with E-state index in [1.807, 2.05) is 12.4 Å². The van der Waals surface area contributed by atoms with E-state index in [0.717, 1.165) is 22.6 Å². The number of aromatic amines is 1. The van der Waals surface area contributed by atoms with Crippen LogP contribution < -0.4 is 0 Å². The SMILES string of the molecule is CCc1cnc(C(C)n2c(CC)c[nH]c2=S)s1. The number of thiazole rings is 1. The Morgan fingerprint density at radius 2 is 2.24 bits per heavy atom. The van der Waals surface area contributed by atoms with Crippen LogP contribution in [0.3, 0.4) is 0 Å². The molecule has 1 unspecified atom stereocenters. The van der Waals surface area contributed by atoms with E-state index in [9.17, 15) is 0 Å². The fourth-order valence-electron chi connectivity index (χ4n) is 1.90. The Bertz CT molecular complexity index is 550. The molecule has 0 aliphatic carbocycles. The van der Waals surface area contributed by atoms with Gasteiger partial charge in [0.05, 0.1) is 6.04 Å². The van der Waals surface area contributed by atoms with Crippen molar-refractivity contribution in [2.75, 3.05) is 0 Å². The van der Waals surface area contributed by atoms with Gasteiger partial charge >= 0.3 is 0 Å². The molecule has 92 valence electrons. The number of nitrogens with zero attached hydrogens (tertiary/aromatic N) is 2. The van der Waals surface area contributed by atoms with Crippen LogP contribution in [-0.2, 0) is 12.8 Å². The molecule has 0 spiro atoms. The summed E-state index contributed by atoms with van der Waals surface area (Å²) in [6.07, 6.45) is 5.98. The molecule has 2 heterocycles. The Hall–Kier alpha value is -0.940. The van der Waals surface area contributed by atoms with Crippen LogP contribution in [0.1, 0.15) is 42.4 Å². The number of imidazole rings is 1. The molecule has 0 fully saturated rings. The van der Waals surface area contributed by atoms with Crippen molar-refractivity contribution >= 4 is 23.6 Å². The first-order chi connectivity index (χ1) is 8.17. The molecular formula is C12H17N3S2. The van der Waals surface area contributed by atoms with Crippen LogP contribution in [0.2, 0.25) is 0 Å². The van der Waals surface area contributed by atoms with Crippen molar-refractivity contribution in [2.45, 2.75) is 39.7 Å². The predicted molar refractivity (Wildman–Crippen MR) is 74.3 cm³/mol. The van der Waals surface area contributed by atoms with Crippen molar-refractivity contribution in [2.24, 2.45) is 0 Å². The van der Waals surface area contributed by atoms with Crippen LogP contribution >= 0.6 is 23.6 Å². The van der Waals surface area contributed by atoms with Gasteiger partial charge in [-0.1, -0.05) is 13.8 Å². The van der Waals surface area contributed by atoms with Gasteiger partial charge in [-0.25, -0.2) is 4.98 Å². The van der Waals surface area contributed by atoms with Crippen LogP contribution in [0.4, 0.5) is 0 Å². The fourth-order valence-corrected chi connectivity index (χ4v) is 3.14. The van der Waals surface area contributed by atoms with E-state index in [2.05, 4.69) is 35.3 Å². The van der Waals surface area contributed by atoms with E-state index in [1.54, 1.807) is 11.3 Å². The lowest BCUT2D eigenvalue weighted by molar-refractivity contribution is 0.600. The molecule has 0 saturated carbocycles. The van der Waals surface area contributed by atoms with Gasteiger partial charge in [0.2, 0.25) is 0 Å². The average Bonchev–Trinajstić information content (AvgIpc) is 2.94. The number of hydrogen-bond acceptors (Lipinski definition) is 3. The zero-order valence-electron chi connectivity index (χ0n) is 10.4. The Labute approximate surface area is 111 Å². The quantitative estimate of drug-likeness (QED) is 0.856. The molecule has 0 aliphatic heterocycles. The van der Waals surface area contributed by atoms with Crippen molar-refractivity contribution < 1.29 is 0 Å². The number of H-pyrrole nitrogens is 1. The first-order valence-corrected chi connectivity index (χ1v) is 7.13. The molecular weight excluding hydrogens is 250 g/mol. The summed E-state index contributed by atoms with van der Waals surface area (Å²) in [4.78, 5) is 8.94. The molecule has 0 aromatic carbocycles. The van der Waals surface area contributed by atoms with Crippen LogP contribution in [-0.4, -0.2) is 14.5 Å². The molecule has 1 N–H and O–H groups in total. The van der Waals surface area contributed by atoms with E-state index >= 15 is 0 Å². The van der Waals surface area contributed by atoms with Gasteiger partial charge in [-0.2, -0.15) is 0 Å². The van der Waals surface area contributed by atoms with Crippen molar-refractivity contribution in [3.05, 3.63) is 32.7 Å². The molecule has 0 aliphatic rings. The fraction of sp³-hybridized carbons (Fsp3) is 0.500. The van der Waals surface area contributed by atoms with Crippen LogP contribution in [0.25, 0.3) is 0 Å². The molecule has 5 heteroatoms. The standard InChI is InChI=1S/C12H17N3S2/c1-4-9-6-14-12(16)15(9)8(3)11-13-7-10(5-2)17-11/h6-8H,4-5H2,1-3H3,(H,14,16). The van der Waals surface area contributed by atoms with E-state index in [-0.39, 0.29) is 6.04 Å². The maximum absolute atomic E-state index is 5.33. The number of aromatic nitrogens is 3. The summed E-state index contributed by atoms with van der Waals surface area (Å²) in [5.74, 6) is 0. The summed E-state index contributed by atoms with van der Waals surface area (Å²) in [6, 6.07) is 0.217. The smallest absolute Gasteiger partial charge is 0.177 e. The van der Waals surface area contributed by atoms with Gasteiger partial charge in [0.25, 0.3) is 0 Å². The first-order valence-electron chi connectivity index (χ1n) is 5.90. The molecule has 17 heavy (non-hydrogen) atoms. The number of aryl methyl sites for hydroxylation is 2. The summed E-state index contributed by atoms with van der Waals surface area (Å²) < 4.78 is 2.94. The number of rotatable bonds is 4. The number of nitrogens with one attached hydrogen (secondary N) is 1. The minimum absolute atomic E-state index is 0.217. The zero-order valence-corrected chi connectivity index (χ0v) is 12.0. The maximum atomic E-state index is 5.33. The Morgan fingerprint density at radius 1 is 1.47 bits per heavy atom. The Morgan fingerprint density at radius 3 is 2.82 bits per heavy atom. The summed E-state index contributed by atoms with van der Waals surface area (Å²) in [6.45, 7) is 6.45. The molecule has 0 amide bonds. The third-order valence-corrected chi connectivity index (χ3v) is 4.54. The van der Waals surface area contributed by atoms with E-state index < -0.39 is 0 Å². The Balaban J connectivity index is 2.39. The lowest BCUT2D eigenvalue weighted by Gasteiger charge is -2.13. The highest BCUT2D eigenvalue weighted by molar-refractivity contribution is 7.71. The second kappa shape index (κ2) is 5.14. The monoisotopic (exact) mass is 267 g/mol. The van der Waals surface area contributed by atoms with Crippen LogP contribution in [0.5, 0.6) is 0 Å². The van der Waals surface area contributed by atoms with Gasteiger partial charge < -0.3 is 9.55 Å².